The lowest BCUT2D eigenvalue weighted by molar-refractivity contribution is 1.11. The van der Waals surface area contributed by atoms with Gasteiger partial charge in [0.15, 0.2) is 11.5 Å². The number of nitrogens with zero attached hydrogens (tertiary/aromatic N) is 3. The van der Waals surface area contributed by atoms with Crippen LogP contribution in [0, 0.1) is 6.92 Å². The number of fused-ring (bicyclic) bond motifs is 3. The maximum Gasteiger partial charge on any atom is 0.168 e. The highest BCUT2D eigenvalue weighted by atomic mass is 79.9. The molecule has 0 saturated heterocycles. The molecule has 4 aromatic rings. The topological polar surface area (TPSA) is 30.2 Å². The second-order valence-electron chi connectivity index (χ2n) is 5.08. The van der Waals surface area contributed by atoms with Crippen molar-refractivity contribution in [3.63, 3.8) is 0 Å². The molecule has 0 bridgehead atoms. The van der Waals surface area contributed by atoms with Gasteiger partial charge in [0.1, 0.15) is 0 Å². The molecule has 2 aromatic heterocycles. The van der Waals surface area contributed by atoms with E-state index in [2.05, 4.69) is 61.8 Å². The van der Waals surface area contributed by atoms with Crippen LogP contribution in [0.3, 0.4) is 0 Å². The van der Waals surface area contributed by atoms with Gasteiger partial charge in [0.05, 0.1) is 0 Å². The highest BCUT2D eigenvalue weighted by Gasteiger charge is 2.11. The molecule has 2 aromatic carbocycles. The van der Waals surface area contributed by atoms with E-state index in [0.717, 1.165) is 26.9 Å². The van der Waals surface area contributed by atoms with Gasteiger partial charge in [-0.1, -0.05) is 52.3 Å². The van der Waals surface area contributed by atoms with Crippen LogP contribution in [0.1, 0.15) is 5.56 Å². The Balaban J connectivity index is 2.06. The average Bonchev–Trinajstić information content (AvgIpc) is 2.92. The number of hydrogen-bond donors (Lipinski definition) is 0. The van der Waals surface area contributed by atoms with Crippen molar-refractivity contribution in [1.29, 1.82) is 0 Å². The van der Waals surface area contributed by atoms with Gasteiger partial charge < -0.3 is 0 Å². The fourth-order valence-electron chi connectivity index (χ4n) is 2.68. The molecule has 0 unspecified atom stereocenters. The molecule has 0 amide bonds. The second-order valence-corrected chi connectivity index (χ2v) is 6.00. The summed E-state index contributed by atoms with van der Waals surface area (Å²) >= 11 is 3.46. The van der Waals surface area contributed by atoms with Gasteiger partial charge in [-0.05, 0) is 30.0 Å². The first kappa shape index (κ1) is 12.5. The van der Waals surface area contributed by atoms with Crippen molar-refractivity contribution in [2.45, 2.75) is 6.92 Å². The van der Waals surface area contributed by atoms with Gasteiger partial charge in [0, 0.05) is 21.6 Å². The Bertz CT molecular complexity index is 955. The molecule has 3 nitrogen and oxygen atoms in total. The zero-order valence-electron chi connectivity index (χ0n) is 11.4. The quantitative estimate of drug-likeness (QED) is 0.507. The normalized spacial score (nSPS) is 11.3. The third kappa shape index (κ3) is 1.94. The monoisotopic (exact) mass is 337 g/mol. The molecule has 2 heterocycles. The van der Waals surface area contributed by atoms with Crippen molar-refractivity contribution in [2.75, 3.05) is 0 Å². The number of rotatable bonds is 1. The van der Waals surface area contributed by atoms with Crippen molar-refractivity contribution in [1.82, 2.24) is 14.6 Å². The number of benzene rings is 2. The van der Waals surface area contributed by atoms with E-state index in [4.69, 9.17) is 0 Å². The standard InChI is InChI=1S/C17H12BrN3/c1-11-10-21-16(12-6-8-13(18)9-7-12)19-20-17(21)15-5-3-2-4-14(11)15/h2-10H,1H3. The molecule has 0 aliphatic heterocycles. The van der Waals surface area contributed by atoms with Crippen LogP contribution in [-0.4, -0.2) is 14.6 Å². The molecule has 0 aliphatic carbocycles. The van der Waals surface area contributed by atoms with Crippen LogP contribution in [0.5, 0.6) is 0 Å². The Labute approximate surface area is 130 Å². The number of halogens is 1. The van der Waals surface area contributed by atoms with E-state index >= 15 is 0 Å². The summed E-state index contributed by atoms with van der Waals surface area (Å²) in [5.41, 5.74) is 3.17. The Hall–Kier alpha value is -2.20. The van der Waals surface area contributed by atoms with Crippen LogP contribution in [0.2, 0.25) is 0 Å². The van der Waals surface area contributed by atoms with Crippen LogP contribution >= 0.6 is 15.9 Å². The first-order chi connectivity index (χ1) is 10.2. The van der Waals surface area contributed by atoms with Gasteiger partial charge in [-0.2, -0.15) is 0 Å². The molecular weight excluding hydrogens is 326 g/mol. The lowest BCUT2D eigenvalue weighted by atomic mass is 10.1. The molecule has 21 heavy (non-hydrogen) atoms. The Morgan fingerprint density at radius 1 is 0.905 bits per heavy atom. The second kappa shape index (κ2) is 4.67. The van der Waals surface area contributed by atoms with Gasteiger partial charge >= 0.3 is 0 Å². The maximum absolute atomic E-state index is 4.39. The minimum absolute atomic E-state index is 0.867. The van der Waals surface area contributed by atoms with Gasteiger partial charge in [-0.3, -0.25) is 4.40 Å². The molecule has 0 atom stereocenters. The highest BCUT2D eigenvalue weighted by molar-refractivity contribution is 9.10. The van der Waals surface area contributed by atoms with Crippen LogP contribution in [0.4, 0.5) is 0 Å². The number of aromatic nitrogens is 3. The first-order valence-electron chi connectivity index (χ1n) is 6.73. The Kier molecular flexibility index (Phi) is 2.79. The predicted octanol–water partition coefficient (Wildman–Crippen LogP) is 4.62. The molecule has 102 valence electrons. The predicted molar refractivity (Wildman–Crippen MR) is 88.4 cm³/mol. The SMILES string of the molecule is Cc1cn2c(-c3ccc(Br)cc3)nnc2c2ccccc12. The summed E-state index contributed by atoms with van der Waals surface area (Å²) in [7, 11) is 0. The zero-order valence-corrected chi connectivity index (χ0v) is 13.0. The number of hydrogen-bond acceptors (Lipinski definition) is 2. The number of aryl methyl sites for hydroxylation is 1. The summed E-state index contributed by atoms with van der Waals surface area (Å²) in [5.74, 6) is 0.867. The van der Waals surface area contributed by atoms with Crippen molar-refractivity contribution in [3.8, 4) is 11.4 Å². The lowest BCUT2D eigenvalue weighted by Gasteiger charge is -2.06. The van der Waals surface area contributed by atoms with E-state index in [1.54, 1.807) is 0 Å². The minimum atomic E-state index is 0.867. The fraction of sp³-hybridized carbons (Fsp3) is 0.0588. The summed E-state index contributed by atoms with van der Waals surface area (Å²) in [6.07, 6.45) is 2.11. The van der Waals surface area contributed by atoms with Gasteiger partial charge in [0.2, 0.25) is 0 Å². The molecule has 0 radical (unpaired) electrons. The van der Waals surface area contributed by atoms with Crippen LogP contribution in [0.15, 0.2) is 59.2 Å². The maximum atomic E-state index is 4.39. The summed E-state index contributed by atoms with van der Waals surface area (Å²) in [6.45, 7) is 2.12. The van der Waals surface area contributed by atoms with E-state index in [1.165, 1.54) is 10.9 Å². The molecule has 4 rings (SSSR count). The lowest BCUT2D eigenvalue weighted by Crippen LogP contribution is -1.92. The Morgan fingerprint density at radius 3 is 2.38 bits per heavy atom. The smallest absolute Gasteiger partial charge is 0.168 e. The van der Waals surface area contributed by atoms with E-state index in [1.807, 2.05) is 30.3 Å². The third-order valence-corrected chi connectivity index (χ3v) is 4.24. The fourth-order valence-corrected chi connectivity index (χ4v) is 2.94. The summed E-state index contributed by atoms with van der Waals surface area (Å²) < 4.78 is 3.13. The Morgan fingerprint density at radius 2 is 1.62 bits per heavy atom. The summed E-state index contributed by atoms with van der Waals surface area (Å²) in [6, 6.07) is 16.4. The summed E-state index contributed by atoms with van der Waals surface area (Å²) in [5, 5.41) is 11.1. The van der Waals surface area contributed by atoms with Crippen molar-refractivity contribution in [2.24, 2.45) is 0 Å². The highest BCUT2D eigenvalue weighted by Crippen LogP contribution is 2.26. The van der Waals surface area contributed by atoms with Crippen molar-refractivity contribution < 1.29 is 0 Å². The van der Waals surface area contributed by atoms with Crippen molar-refractivity contribution in [3.05, 3.63) is 64.8 Å². The molecule has 0 spiro atoms. The molecule has 0 saturated carbocycles. The molecule has 0 N–H and O–H groups in total. The van der Waals surface area contributed by atoms with Gasteiger partial charge in [0.25, 0.3) is 0 Å². The van der Waals surface area contributed by atoms with Gasteiger partial charge in [-0.25, -0.2) is 0 Å². The van der Waals surface area contributed by atoms with E-state index < -0.39 is 0 Å². The average molecular weight is 338 g/mol. The third-order valence-electron chi connectivity index (χ3n) is 3.71. The van der Waals surface area contributed by atoms with E-state index in [-0.39, 0.29) is 0 Å². The van der Waals surface area contributed by atoms with Gasteiger partial charge in [-0.15, -0.1) is 10.2 Å². The van der Waals surface area contributed by atoms with E-state index in [0.29, 0.717) is 0 Å². The number of pyridine rings is 1. The molecule has 0 aliphatic rings. The first-order valence-corrected chi connectivity index (χ1v) is 7.52. The zero-order chi connectivity index (χ0) is 14.4. The van der Waals surface area contributed by atoms with E-state index in [9.17, 15) is 0 Å². The van der Waals surface area contributed by atoms with Crippen molar-refractivity contribution >= 4 is 32.3 Å². The van der Waals surface area contributed by atoms with Crippen LogP contribution < -0.4 is 0 Å². The molecular formula is C17H12BrN3. The van der Waals surface area contributed by atoms with Crippen LogP contribution in [0.25, 0.3) is 27.8 Å². The largest absolute Gasteiger partial charge is 0.282 e. The molecule has 0 fully saturated rings. The molecule has 4 heteroatoms. The minimum Gasteiger partial charge on any atom is -0.282 e. The summed E-state index contributed by atoms with van der Waals surface area (Å²) in [4.78, 5) is 0. The van der Waals surface area contributed by atoms with Crippen LogP contribution in [-0.2, 0) is 0 Å².